The molecule has 1 aromatic heterocycles. The smallest absolute Gasteiger partial charge is 0.345 e. The van der Waals surface area contributed by atoms with E-state index in [2.05, 4.69) is 0 Å². The zero-order chi connectivity index (χ0) is 15.1. The van der Waals surface area contributed by atoms with E-state index in [0.717, 1.165) is 30.6 Å². The number of rotatable bonds is 3. The molecule has 1 N–H and O–H groups in total. The molecule has 7 heteroatoms. The van der Waals surface area contributed by atoms with Gasteiger partial charge in [-0.2, -0.15) is 4.31 Å². The van der Waals surface area contributed by atoms with E-state index < -0.39 is 16.0 Å². The van der Waals surface area contributed by atoms with Crippen molar-refractivity contribution in [3.05, 3.63) is 15.8 Å². The van der Waals surface area contributed by atoms with Crippen molar-refractivity contribution in [2.75, 3.05) is 0 Å². The fraction of sp³-hybridized carbons (Fsp3) is 0.615. The van der Waals surface area contributed by atoms with Gasteiger partial charge in [0, 0.05) is 17.0 Å². The van der Waals surface area contributed by atoms with Gasteiger partial charge in [0.05, 0.1) is 4.90 Å². The summed E-state index contributed by atoms with van der Waals surface area (Å²) in [6, 6.07) is 1.19. The lowest BCUT2D eigenvalue weighted by Gasteiger charge is -2.37. The average Bonchev–Trinajstić information content (AvgIpc) is 2.71. The molecule has 1 saturated heterocycles. The van der Waals surface area contributed by atoms with Crippen molar-refractivity contribution < 1.29 is 18.3 Å². The van der Waals surface area contributed by atoms with Crippen molar-refractivity contribution in [3.8, 4) is 0 Å². The number of carboxylic acid groups (broad SMARTS) is 1. The van der Waals surface area contributed by atoms with E-state index in [4.69, 9.17) is 5.11 Å². The van der Waals surface area contributed by atoms with Gasteiger partial charge in [-0.05, 0) is 39.7 Å². The summed E-state index contributed by atoms with van der Waals surface area (Å²) < 4.78 is 27.1. The molecule has 0 unspecified atom stereocenters. The number of thiophene rings is 1. The number of aromatic carboxylic acids is 1. The first-order valence-corrected chi connectivity index (χ1v) is 8.88. The molecule has 0 amide bonds. The predicted molar refractivity (Wildman–Crippen MR) is 77.8 cm³/mol. The molecule has 0 radical (unpaired) electrons. The number of hydrogen-bond donors (Lipinski definition) is 1. The Morgan fingerprint density at radius 3 is 2.35 bits per heavy atom. The van der Waals surface area contributed by atoms with E-state index in [9.17, 15) is 13.2 Å². The van der Waals surface area contributed by atoms with Crippen molar-refractivity contribution in [2.24, 2.45) is 0 Å². The molecular formula is C13H19NO4S2. The maximum atomic E-state index is 12.8. The summed E-state index contributed by atoms with van der Waals surface area (Å²) >= 11 is 1.01. The third kappa shape index (κ3) is 2.62. The maximum absolute atomic E-state index is 12.8. The lowest BCUT2D eigenvalue weighted by atomic mass is 10.0. The molecule has 0 bridgehead atoms. The number of carboxylic acids is 1. The number of sulfonamides is 1. The monoisotopic (exact) mass is 317 g/mol. The summed E-state index contributed by atoms with van der Waals surface area (Å²) in [7, 11) is -3.62. The van der Waals surface area contributed by atoms with Crippen LogP contribution in [0.5, 0.6) is 0 Å². The Bertz CT molecular complexity index is 610. The summed E-state index contributed by atoms with van der Waals surface area (Å²) in [5, 5.41) is 9.00. The minimum atomic E-state index is -3.62. The van der Waals surface area contributed by atoms with Gasteiger partial charge in [0.15, 0.2) is 0 Å². The molecule has 0 aromatic carbocycles. The van der Waals surface area contributed by atoms with Crippen molar-refractivity contribution in [3.63, 3.8) is 0 Å². The van der Waals surface area contributed by atoms with Gasteiger partial charge in [0.1, 0.15) is 4.88 Å². The molecule has 5 nitrogen and oxygen atoms in total. The predicted octanol–water partition coefficient (Wildman–Crippen LogP) is 2.71. The van der Waals surface area contributed by atoms with E-state index in [-0.39, 0.29) is 21.9 Å². The fourth-order valence-corrected chi connectivity index (χ4v) is 6.10. The Hall–Kier alpha value is -0.920. The van der Waals surface area contributed by atoms with Gasteiger partial charge in [-0.1, -0.05) is 6.42 Å². The van der Waals surface area contributed by atoms with Crippen LogP contribution >= 0.6 is 11.3 Å². The van der Waals surface area contributed by atoms with Crippen molar-refractivity contribution in [1.82, 2.24) is 4.31 Å². The standard InChI is InChI=1S/C13H19NO4S2/c1-8-5-4-6-9(2)14(8)20(17,18)12-7-11(13(15)16)19-10(12)3/h7-9H,4-6H2,1-3H3,(H,15,16)/t8-,9+. The number of aryl methyl sites for hydroxylation is 1. The van der Waals surface area contributed by atoms with Gasteiger partial charge in [-0.25, -0.2) is 13.2 Å². The molecule has 112 valence electrons. The number of carbonyl (C=O) groups is 1. The Morgan fingerprint density at radius 2 is 1.90 bits per heavy atom. The van der Waals surface area contributed by atoms with Gasteiger partial charge in [0.2, 0.25) is 10.0 Å². The molecule has 1 aliphatic heterocycles. The lowest BCUT2D eigenvalue weighted by molar-refractivity contribution is 0.0702. The molecular weight excluding hydrogens is 298 g/mol. The highest BCUT2D eigenvalue weighted by Gasteiger charge is 2.37. The van der Waals surface area contributed by atoms with Gasteiger partial charge < -0.3 is 5.11 Å². The molecule has 0 aliphatic carbocycles. The van der Waals surface area contributed by atoms with Crippen LogP contribution in [0.15, 0.2) is 11.0 Å². The third-order valence-corrected chi connectivity index (χ3v) is 7.17. The molecule has 0 spiro atoms. The highest BCUT2D eigenvalue weighted by molar-refractivity contribution is 7.89. The van der Waals surface area contributed by atoms with Crippen LogP contribution in [-0.4, -0.2) is 35.9 Å². The van der Waals surface area contributed by atoms with Crippen LogP contribution in [0.1, 0.15) is 47.7 Å². The summed E-state index contributed by atoms with van der Waals surface area (Å²) in [6.45, 7) is 5.48. The zero-order valence-corrected chi connectivity index (χ0v) is 13.4. The highest BCUT2D eigenvalue weighted by atomic mass is 32.2. The summed E-state index contributed by atoms with van der Waals surface area (Å²) in [4.78, 5) is 11.7. The fourth-order valence-electron chi connectivity index (χ4n) is 2.81. The first-order valence-electron chi connectivity index (χ1n) is 6.62. The second-order valence-corrected chi connectivity index (χ2v) is 8.37. The summed E-state index contributed by atoms with van der Waals surface area (Å²) in [5.41, 5.74) is 0. The van der Waals surface area contributed by atoms with Crippen LogP contribution in [0, 0.1) is 6.92 Å². The van der Waals surface area contributed by atoms with Crippen molar-refractivity contribution >= 4 is 27.3 Å². The van der Waals surface area contributed by atoms with E-state index in [1.165, 1.54) is 10.4 Å². The van der Waals surface area contributed by atoms with Crippen LogP contribution in [0.25, 0.3) is 0 Å². The topological polar surface area (TPSA) is 74.7 Å². The van der Waals surface area contributed by atoms with Crippen LogP contribution in [0.4, 0.5) is 0 Å². The first kappa shape index (κ1) is 15.5. The normalized spacial score (nSPS) is 24.8. The van der Waals surface area contributed by atoms with Gasteiger partial charge in [-0.3, -0.25) is 0 Å². The zero-order valence-electron chi connectivity index (χ0n) is 11.8. The van der Waals surface area contributed by atoms with Crippen molar-refractivity contribution in [2.45, 2.75) is 57.0 Å². The minimum Gasteiger partial charge on any atom is -0.477 e. The summed E-state index contributed by atoms with van der Waals surface area (Å²) in [5.74, 6) is -1.08. The van der Waals surface area contributed by atoms with Gasteiger partial charge in [0.25, 0.3) is 0 Å². The Balaban J connectivity index is 2.46. The molecule has 2 atom stereocenters. The second kappa shape index (κ2) is 5.46. The maximum Gasteiger partial charge on any atom is 0.345 e. The Kier molecular flexibility index (Phi) is 4.22. The second-order valence-electron chi connectivity index (χ2n) is 5.30. The van der Waals surface area contributed by atoms with Gasteiger partial charge >= 0.3 is 5.97 Å². The Labute approximate surface area is 123 Å². The van der Waals surface area contributed by atoms with E-state index in [0.29, 0.717) is 4.88 Å². The van der Waals surface area contributed by atoms with E-state index in [1.807, 2.05) is 13.8 Å². The Morgan fingerprint density at radius 1 is 1.35 bits per heavy atom. The molecule has 1 aromatic rings. The first-order chi connectivity index (χ1) is 9.25. The molecule has 2 heterocycles. The van der Waals surface area contributed by atoms with Crippen LogP contribution in [0.2, 0.25) is 0 Å². The molecule has 1 aliphatic rings. The minimum absolute atomic E-state index is 0.0451. The molecule has 20 heavy (non-hydrogen) atoms. The van der Waals surface area contributed by atoms with E-state index in [1.54, 1.807) is 6.92 Å². The van der Waals surface area contributed by atoms with Gasteiger partial charge in [-0.15, -0.1) is 11.3 Å². The number of hydrogen-bond acceptors (Lipinski definition) is 4. The third-order valence-electron chi connectivity index (χ3n) is 3.75. The number of piperidine rings is 1. The molecule has 1 fully saturated rings. The van der Waals surface area contributed by atoms with E-state index >= 15 is 0 Å². The van der Waals surface area contributed by atoms with Crippen LogP contribution in [-0.2, 0) is 10.0 Å². The molecule has 2 rings (SSSR count). The highest BCUT2D eigenvalue weighted by Crippen LogP contribution is 2.33. The average molecular weight is 317 g/mol. The largest absolute Gasteiger partial charge is 0.477 e. The van der Waals surface area contributed by atoms with Crippen LogP contribution in [0.3, 0.4) is 0 Å². The molecule has 0 saturated carbocycles. The van der Waals surface area contributed by atoms with Crippen LogP contribution < -0.4 is 0 Å². The lowest BCUT2D eigenvalue weighted by Crippen LogP contribution is -2.47. The quantitative estimate of drug-likeness (QED) is 0.930. The van der Waals surface area contributed by atoms with Crippen molar-refractivity contribution in [1.29, 1.82) is 0 Å². The SMILES string of the molecule is Cc1sc(C(=O)O)cc1S(=O)(=O)N1[C@H](C)CCC[C@@H]1C. The number of nitrogens with zero attached hydrogens (tertiary/aromatic N) is 1. The summed E-state index contributed by atoms with van der Waals surface area (Å²) in [6.07, 6.45) is 2.72.